The van der Waals surface area contributed by atoms with Gasteiger partial charge in [0.1, 0.15) is 0 Å². The molecule has 0 bridgehead atoms. The molecule has 0 saturated carbocycles. The van der Waals surface area contributed by atoms with Crippen molar-refractivity contribution >= 4 is 22.4 Å². The Morgan fingerprint density at radius 3 is 2.45 bits per heavy atom. The summed E-state index contributed by atoms with van der Waals surface area (Å²) in [5.41, 5.74) is 5.85. The Labute approximate surface area is 183 Å². The van der Waals surface area contributed by atoms with E-state index in [1.54, 1.807) is 0 Å². The van der Waals surface area contributed by atoms with Crippen molar-refractivity contribution in [3.63, 3.8) is 0 Å². The second-order valence-corrected chi connectivity index (χ2v) is 8.01. The van der Waals surface area contributed by atoms with E-state index in [-0.39, 0.29) is 18.5 Å². The van der Waals surface area contributed by atoms with Crippen molar-refractivity contribution in [1.29, 1.82) is 0 Å². The zero-order valence-corrected chi connectivity index (χ0v) is 18.4. The SMILES string of the molecule is Cc1ccc(-n2nc(C)c(NC(=O)CN[C@@H](C)c3cccc4ccccc34)c2C)cc1. The summed E-state index contributed by atoms with van der Waals surface area (Å²) >= 11 is 0. The molecule has 5 nitrogen and oxygen atoms in total. The molecule has 0 unspecified atom stereocenters. The van der Waals surface area contributed by atoms with Crippen molar-refractivity contribution in [3.8, 4) is 5.69 Å². The highest BCUT2D eigenvalue weighted by Gasteiger charge is 2.16. The summed E-state index contributed by atoms with van der Waals surface area (Å²) in [4.78, 5) is 12.7. The first-order valence-electron chi connectivity index (χ1n) is 10.6. The Morgan fingerprint density at radius 2 is 1.68 bits per heavy atom. The maximum atomic E-state index is 12.7. The third-order valence-corrected chi connectivity index (χ3v) is 5.69. The lowest BCUT2D eigenvalue weighted by atomic mass is 10.00. The Kier molecular flexibility index (Phi) is 5.87. The van der Waals surface area contributed by atoms with Crippen molar-refractivity contribution in [2.24, 2.45) is 0 Å². The number of aryl methyl sites for hydroxylation is 2. The first-order chi connectivity index (χ1) is 14.9. The number of carbonyl (C=O) groups excluding carboxylic acids is 1. The van der Waals surface area contributed by atoms with Gasteiger partial charge < -0.3 is 10.6 Å². The van der Waals surface area contributed by atoms with Gasteiger partial charge in [-0.15, -0.1) is 0 Å². The number of nitrogens with zero attached hydrogens (tertiary/aromatic N) is 2. The van der Waals surface area contributed by atoms with E-state index in [0.29, 0.717) is 0 Å². The number of rotatable bonds is 6. The van der Waals surface area contributed by atoms with E-state index in [1.807, 2.05) is 42.8 Å². The lowest BCUT2D eigenvalue weighted by molar-refractivity contribution is -0.115. The van der Waals surface area contributed by atoms with Crippen LogP contribution < -0.4 is 10.6 Å². The summed E-state index contributed by atoms with van der Waals surface area (Å²) in [5.74, 6) is -0.0817. The average Bonchev–Trinajstić information content (AvgIpc) is 3.06. The monoisotopic (exact) mass is 412 g/mol. The van der Waals surface area contributed by atoms with Crippen molar-refractivity contribution in [1.82, 2.24) is 15.1 Å². The van der Waals surface area contributed by atoms with Crippen LogP contribution in [0, 0.1) is 20.8 Å². The number of nitrogens with one attached hydrogen (secondary N) is 2. The van der Waals surface area contributed by atoms with Gasteiger partial charge in [0.15, 0.2) is 0 Å². The Balaban J connectivity index is 1.45. The molecule has 1 aromatic heterocycles. The van der Waals surface area contributed by atoms with Gasteiger partial charge in [0.25, 0.3) is 0 Å². The van der Waals surface area contributed by atoms with E-state index < -0.39 is 0 Å². The van der Waals surface area contributed by atoms with Crippen LogP contribution in [0.5, 0.6) is 0 Å². The summed E-state index contributed by atoms with van der Waals surface area (Å²) in [6.45, 7) is 8.25. The number of amides is 1. The summed E-state index contributed by atoms with van der Waals surface area (Å²) < 4.78 is 1.87. The van der Waals surface area contributed by atoms with Gasteiger partial charge in [0, 0.05) is 6.04 Å². The number of benzene rings is 3. The fourth-order valence-corrected chi connectivity index (χ4v) is 3.93. The minimum atomic E-state index is -0.0817. The molecule has 1 atom stereocenters. The number of hydrogen-bond donors (Lipinski definition) is 2. The molecular formula is C26H28N4O. The number of hydrogen-bond acceptors (Lipinski definition) is 3. The Hall–Kier alpha value is -3.44. The molecule has 0 aliphatic carbocycles. The van der Waals surface area contributed by atoms with Crippen LogP contribution in [0.1, 0.15) is 35.5 Å². The van der Waals surface area contributed by atoms with Crippen LogP contribution >= 0.6 is 0 Å². The van der Waals surface area contributed by atoms with E-state index in [2.05, 4.69) is 72.0 Å². The number of aromatic nitrogens is 2. The van der Waals surface area contributed by atoms with Crippen LogP contribution in [0.3, 0.4) is 0 Å². The lowest BCUT2D eigenvalue weighted by Gasteiger charge is -2.16. The molecule has 0 aliphatic rings. The van der Waals surface area contributed by atoms with Crippen LogP contribution in [0.25, 0.3) is 16.5 Å². The van der Waals surface area contributed by atoms with Crippen molar-refractivity contribution in [2.75, 3.05) is 11.9 Å². The van der Waals surface area contributed by atoms with Crippen LogP contribution in [0.15, 0.2) is 66.7 Å². The van der Waals surface area contributed by atoms with Gasteiger partial charge in [-0.25, -0.2) is 4.68 Å². The minimum Gasteiger partial charge on any atom is -0.322 e. The summed E-state index contributed by atoms with van der Waals surface area (Å²) in [6, 6.07) is 22.8. The smallest absolute Gasteiger partial charge is 0.238 e. The molecule has 0 spiro atoms. The molecule has 0 saturated heterocycles. The van der Waals surface area contributed by atoms with E-state index in [4.69, 9.17) is 0 Å². The highest BCUT2D eigenvalue weighted by Crippen LogP contribution is 2.25. The molecule has 4 aromatic rings. The van der Waals surface area contributed by atoms with E-state index in [9.17, 15) is 4.79 Å². The number of anilines is 1. The normalized spacial score (nSPS) is 12.1. The lowest BCUT2D eigenvalue weighted by Crippen LogP contribution is -2.30. The first-order valence-corrected chi connectivity index (χ1v) is 10.6. The summed E-state index contributed by atoms with van der Waals surface area (Å²) in [7, 11) is 0. The van der Waals surface area contributed by atoms with Crippen molar-refractivity contribution in [2.45, 2.75) is 33.7 Å². The topological polar surface area (TPSA) is 59.0 Å². The van der Waals surface area contributed by atoms with Gasteiger partial charge in [-0.2, -0.15) is 5.10 Å². The van der Waals surface area contributed by atoms with Crippen LogP contribution in [0.4, 0.5) is 5.69 Å². The van der Waals surface area contributed by atoms with Crippen molar-refractivity contribution in [3.05, 3.63) is 89.2 Å². The maximum Gasteiger partial charge on any atom is 0.238 e. The van der Waals surface area contributed by atoms with Gasteiger partial charge in [-0.3, -0.25) is 4.79 Å². The largest absolute Gasteiger partial charge is 0.322 e. The molecule has 3 aromatic carbocycles. The van der Waals surface area contributed by atoms with Crippen LogP contribution in [0.2, 0.25) is 0 Å². The molecule has 1 heterocycles. The molecule has 5 heteroatoms. The second kappa shape index (κ2) is 8.74. The van der Waals surface area contributed by atoms with Crippen LogP contribution in [-0.4, -0.2) is 22.2 Å². The van der Waals surface area contributed by atoms with Gasteiger partial charge in [-0.1, -0.05) is 60.2 Å². The van der Waals surface area contributed by atoms with Crippen molar-refractivity contribution < 1.29 is 4.79 Å². The number of fused-ring (bicyclic) bond motifs is 1. The highest BCUT2D eigenvalue weighted by atomic mass is 16.1. The summed E-state index contributed by atoms with van der Waals surface area (Å²) in [5, 5.41) is 13.4. The second-order valence-electron chi connectivity index (χ2n) is 8.01. The zero-order valence-electron chi connectivity index (χ0n) is 18.4. The number of carbonyl (C=O) groups is 1. The molecule has 0 radical (unpaired) electrons. The van der Waals surface area contributed by atoms with E-state index in [0.717, 1.165) is 22.8 Å². The standard InChI is InChI=1S/C26H28N4O/c1-17-12-14-22(15-13-17)30-20(4)26(19(3)29-30)28-25(31)16-27-18(2)23-11-7-9-21-8-5-6-10-24(21)23/h5-15,18,27H,16H2,1-4H3,(H,28,31)/t18-/m0/s1. The van der Waals surface area contributed by atoms with Gasteiger partial charge in [0.2, 0.25) is 5.91 Å². The molecule has 2 N–H and O–H groups in total. The van der Waals surface area contributed by atoms with Crippen LogP contribution in [-0.2, 0) is 4.79 Å². The average molecular weight is 413 g/mol. The van der Waals surface area contributed by atoms with E-state index >= 15 is 0 Å². The first kappa shape index (κ1) is 20.8. The minimum absolute atomic E-state index is 0.0503. The quantitative estimate of drug-likeness (QED) is 0.455. The van der Waals surface area contributed by atoms with Gasteiger partial charge in [0.05, 0.1) is 29.3 Å². The third kappa shape index (κ3) is 4.37. The highest BCUT2D eigenvalue weighted by molar-refractivity contribution is 5.93. The van der Waals surface area contributed by atoms with Gasteiger partial charge in [-0.05, 0) is 56.2 Å². The zero-order chi connectivity index (χ0) is 22.0. The Morgan fingerprint density at radius 1 is 0.968 bits per heavy atom. The molecule has 0 fully saturated rings. The predicted molar refractivity (Wildman–Crippen MR) is 127 cm³/mol. The fraction of sp³-hybridized carbons (Fsp3) is 0.231. The molecule has 1 amide bonds. The predicted octanol–water partition coefficient (Wildman–Crippen LogP) is 5.24. The molecule has 0 aliphatic heterocycles. The summed E-state index contributed by atoms with van der Waals surface area (Å²) in [6.07, 6.45) is 0. The van der Waals surface area contributed by atoms with E-state index in [1.165, 1.54) is 21.9 Å². The molecule has 31 heavy (non-hydrogen) atoms. The molecule has 4 rings (SSSR count). The Bertz CT molecular complexity index is 1220. The molecular weight excluding hydrogens is 384 g/mol. The maximum absolute atomic E-state index is 12.7. The molecule has 158 valence electrons. The fourth-order valence-electron chi connectivity index (χ4n) is 3.93. The van der Waals surface area contributed by atoms with Gasteiger partial charge >= 0.3 is 0 Å². The third-order valence-electron chi connectivity index (χ3n) is 5.69.